The molecule has 1 unspecified atom stereocenters. The summed E-state index contributed by atoms with van der Waals surface area (Å²) in [5.74, 6) is 0.0190. The van der Waals surface area contributed by atoms with Gasteiger partial charge in [0.2, 0.25) is 5.91 Å². The Labute approximate surface area is 112 Å². The average Bonchev–Trinajstić information content (AvgIpc) is 2.69. The van der Waals surface area contributed by atoms with E-state index in [1.165, 1.54) is 0 Å². The van der Waals surface area contributed by atoms with Crippen LogP contribution in [0, 0.1) is 17.2 Å². The first-order valence-corrected chi connectivity index (χ1v) is 7.81. The van der Waals surface area contributed by atoms with Crippen LogP contribution in [0.5, 0.6) is 0 Å². The third kappa shape index (κ3) is 3.80. The summed E-state index contributed by atoms with van der Waals surface area (Å²) in [5, 5.41) is 11.4. The van der Waals surface area contributed by atoms with Gasteiger partial charge in [-0.05, 0) is 36.6 Å². The maximum atomic E-state index is 11.8. The smallest absolute Gasteiger partial charge is 0.224 e. The molecule has 0 saturated carbocycles. The van der Waals surface area contributed by atoms with E-state index in [2.05, 4.69) is 5.32 Å². The summed E-state index contributed by atoms with van der Waals surface area (Å²) in [7, 11) is -2.94. The van der Waals surface area contributed by atoms with Crippen molar-refractivity contribution in [3.63, 3.8) is 0 Å². The van der Waals surface area contributed by atoms with E-state index in [9.17, 15) is 13.2 Å². The number of nitriles is 1. The lowest BCUT2D eigenvalue weighted by molar-refractivity contribution is -0.116. The summed E-state index contributed by atoms with van der Waals surface area (Å²) in [4.78, 5) is 11.8. The van der Waals surface area contributed by atoms with Crippen molar-refractivity contribution >= 4 is 21.4 Å². The lowest BCUT2D eigenvalue weighted by Gasteiger charge is -2.08. The minimum atomic E-state index is -2.94. The number of hydrogen-bond acceptors (Lipinski definition) is 4. The van der Waals surface area contributed by atoms with Gasteiger partial charge in [0.1, 0.15) is 0 Å². The zero-order valence-electron chi connectivity index (χ0n) is 10.3. The highest BCUT2D eigenvalue weighted by atomic mass is 32.2. The number of carbonyl (C=O) groups excluding carboxylic acids is 1. The fourth-order valence-corrected chi connectivity index (χ4v) is 4.00. The summed E-state index contributed by atoms with van der Waals surface area (Å²) in [6, 6.07) is 8.55. The van der Waals surface area contributed by atoms with Crippen LogP contribution in [0.2, 0.25) is 0 Å². The normalized spacial score (nSPS) is 20.7. The summed E-state index contributed by atoms with van der Waals surface area (Å²) < 4.78 is 22.6. The maximum Gasteiger partial charge on any atom is 0.224 e. The van der Waals surface area contributed by atoms with Crippen LogP contribution in [0.1, 0.15) is 18.4 Å². The quantitative estimate of drug-likeness (QED) is 0.903. The van der Waals surface area contributed by atoms with Crippen molar-refractivity contribution < 1.29 is 13.2 Å². The highest BCUT2D eigenvalue weighted by molar-refractivity contribution is 7.91. The Morgan fingerprint density at radius 2 is 2.05 bits per heavy atom. The molecule has 1 fully saturated rings. The van der Waals surface area contributed by atoms with E-state index in [1.807, 2.05) is 6.07 Å². The molecule has 1 aliphatic heterocycles. The molecular weight excluding hydrogens is 264 g/mol. The molecule has 0 bridgehead atoms. The number of nitrogens with zero attached hydrogens (tertiary/aromatic N) is 1. The number of sulfone groups is 1. The Morgan fingerprint density at radius 3 is 2.58 bits per heavy atom. The molecule has 0 aromatic heterocycles. The third-order valence-electron chi connectivity index (χ3n) is 3.10. The van der Waals surface area contributed by atoms with Crippen molar-refractivity contribution in [3.05, 3.63) is 29.8 Å². The average molecular weight is 278 g/mol. The first-order valence-electron chi connectivity index (χ1n) is 5.99. The Morgan fingerprint density at radius 1 is 1.37 bits per heavy atom. The first kappa shape index (κ1) is 13.6. The van der Waals surface area contributed by atoms with Crippen LogP contribution in [0.3, 0.4) is 0 Å². The van der Waals surface area contributed by atoms with Crippen molar-refractivity contribution in [2.24, 2.45) is 5.92 Å². The second kappa shape index (κ2) is 5.41. The van der Waals surface area contributed by atoms with Crippen molar-refractivity contribution in [1.29, 1.82) is 5.26 Å². The predicted octanol–water partition coefficient (Wildman–Crippen LogP) is 1.32. The molecule has 1 N–H and O–H groups in total. The Balaban J connectivity index is 1.89. The Hall–Kier alpha value is -1.87. The zero-order valence-corrected chi connectivity index (χ0v) is 11.1. The van der Waals surface area contributed by atoms with Crippen molar-refractivity contribution in [2.45, 2.75) is 12.8 Å². The van der Waals surface area contributed by atoms with Crippen LogP contribution in [-0.4, -0.2) is 25.8 Å². The summed E-state index contributed by atoms with van der Waals surface area (Å²) in [6.45, 7) is 0. The van der Waals surface area contributed by atoms with Crippen LogP contribution < -0.4 is 5.32 Å². The molecule has 1 saturated heterocycles. The van der Waals surface area contributed by atoms with Crippen molar-refractivity contribution in [1.82, 2.24) is 0 Å². The molecule has 5 nitrogen and oxygen atoms in total. The van der Waals surface area contributed by atoms with E-state index < -0.39 is 9.84 Å². The van der Waals surface area contributed by atoms with Gasteiger partial charge in [-0.15, -0.1) is 0 Å². The number of nitrogens with one attached hydrogen (secondary N) is 1. The number of carbonyl (C=O) groups is 1. The molecule has 2 rings (SSSR count). The topological polar surface area (TPSA) is 87.0 Å². The van der Waals surface area contributed by atoms with E-state index in [0.717, 1.165) is 0 Å². The van der Waals surface area contributed by atoms with Gasteiger partial charge in [-0.25, -0.2) is 8.42 Å². The molecule has 6 heteroatoms. The summed E-state index contributed by atoms with van der Waals surface area (Å²) >= 11 is 0. The monoisotopic (exact) mass is 278 g/mol. The third-order valence-corrected chi connectivity index (χ3v) is 4.94. The predicted molar refractivity (Wildman–Crippen MR) is 71.2 cm³/mol. The Kier molecular flexibility index (Phi) is 3.86. The van der Waals surface area contributed by atoms with Gasteiger partial charge in [-0.2, -0.15) is 5.26 Å². The summed E-state index contributed by atoms with van der Waals surface area (Å²) in [5.41, 5.74) is 1.14. The van der Waals surface area contributed by atoms with E-state index in [-0.39, 0.29) is 29.8 Å². The van der Waals surface area contributed by atoms with Crippen LogP contribution in [0.4, 0.5) is 5.69 Å². The molecule has 100 valence electrons. The van der Waals surface area contributed by atoms with Gasteiger partial charge in [-0.1, -0.05) is 0 Å². The molecule has 0 spiro atoms. The lowest BCUT2D eigenvalue weighted by atomic mass is 10.0. The molecule has 19 heavy (non-hydrogen) atoms. The van der Waals surface area contributed by atoms with Crippen molar-refractivity contribution in [3.8, 4) is 6.07 Å². The van der Waals surface area contributed by atoms with Gasteiger partial charge in [0.25, 0.3) is 0 Å². The minimum absolute atomic E-state index is 0.0802. The van der Waals surface area contributed by atoms with E-state index in [1.54, 1.807) is 24.3 Å². The van der Waals surface area contributed by atoms with E-state index in [4.69, 9.17) is 5.26 Å². The Bertz CT molecular complexity index is 614. The molecule has 1 aromatic rings. The second-order valence-electron chi connectivity index (χ2n) is 4.71. The molecule has 1 aliphatic rings. The molecule has 0 radical (unpaired) electrons. The van der Waals surface area contributed by atoms with Gasteiger partial charge >= 0.3 is 0 Å². The largest absolute Gasteiger partial charge is 0.326 e. The standard InChI is InChI=1S/C13H14N2O3S/c14-8-10-1-3-12(4-2-10)15-13(16)7-11-5-6-19(17,18)9-11/h1-4,11H,5-7,9H2,(H,15,16). The SMILES string of the molecule is N#Cc1ccc(NC(=O)CC2CCS(=O)(=O)C2)cc1. The number of amides is 1. The first-order chi connectivity index (χ1) is 8.98. The van der Waals surface area contributed by atoms with E-state index in [0.29, 0.717) is 17.7 Å². The van der Waals surface area contributed by atoms with Crippen LogP contribution in [0.25, 0.3) is 0 Å². The number of anilines is 1. The van der Waals surface area contributed by atoms with E-state index >= 15 is 0 Å². The maximum absolute atomic E-state index is 11.8. The molecular formula is C13H14N2O3S. The number of benzene rings is 1. The van der Waals surface area contributed by atoms with Crippen molar-refractivity contribution in [2.75, 3.05) is 16.8 Å². The number of rotatable bonds is 3. The van der Waals surface area contributed by atoms with Gasteiger partial charge in [0, 0.05) is 12.1 Å². The van der Waals surface area contributed by atoms with Gasteiger partial charge in [-0.3, -0.25) is 4.79 Å². The molecule has 1 atom stereocenters. The molecule has 0 aliphatic carbocycles. The van der Waals surface area contributed by atoms with Crippen LogP contribution in [-0.2, 0) is 14.6 Å². The highest BCUT2D eigenvalue weighted by Gasteiger charge is 2.29. The molecule has 1 amide bonds. The highest BCUT2D eigenvalue weighted by Crippen LogP contribution is 2.22. The fraction of sp³-hybridized carbons (Fsp3) is 0.385. The van der Waals surface area contributed by atoms with Gasteiger partial charge in [0.15, 0.2) is 9.84 Å². The van der Waals surface area contributed by atoms with Crippen LogP contribution >= 0.6 is 0 Å². The van der Waals surface area contributed by atoms with Crippen LogP contribution in [0.15, 0.2) is 24.3 Å². The second-order valence-corrected chi connectivity index (χ2v) is 6.94. The van der Waals surface area contributed by atoms with Gasteiger partial charge in [0.05, 0.1) is 23.1 Å². The number of hydrogen-bond donors (Lipinski definition) is 1. The fourth-order valence-electron chi connectivity index (χ4n) is 2.14. The lowest BCUT2D eigenvalue weighted by Crippen LogP contribution is -2.17. The zero-order chi connectivity index (χ0) is 13.9. The minimum Gasteiger partial charge on any atom is -0.326 e. The molecule has 1 heterocycles. The molecule has 1 aromatic carbocycles. The van der Waals surface area contributed by atoms with Gasteiger partial charge < -0.3 is 5.32 Å². The summed E-state index contributed by atoms with van der Waals surface area (Å²) in [6.07, 6.45) is 0.780.